The fourth-order valence-electron chi connectivity index (χ4n) is 2.06. The first kappa shape index (κ1) is 15.9. The highest BCUT2D eigenvalue weighted by molar-refractivity contribution is 6.32. The van der Waals surface area contributed by atoms with Crippen molar-refractivity contribution in [3.8, 4) is 5.75 Å². The van der Waals surface area contributed by atoms with Crippen molar-refractivity contribution in [3.63, 3.8) is 0 Å². The molecule has 0 spiro atoms. The molecule has 0 saturated heterocycles. The average molecular weight is 308 g/mol. The lowest BCUT2D eigenvalue weighted by Crippen LogP contribution is -2.21. The van der Waals surface area contributed by atoms with Crippen LogP contribution >= 0.6 is 11.6 Å². The topological polar surface area (TPSA) is 34.4 Å². The van der Waals surface area contributed by atoms with Crippen molar-refractivity contribution in [2.24, 2.45) is 0 Å². The number of furan rings is 1. The molecule has 2 rings (SSSR count). The second-order valence-electron chi connectivity index (χ2n) is 5.62. The molecule has 3 nitrogen and oxygen atoms in total. The maximum Gasteiger partial charge on any atom is 0.146 e. The molecule has 1 aromatic carbocycles. The molecule has 0 fully saturated rings. The average Bonchev–Trinajstić information content (AvgIpc) is 2.88. The van der Waals surface area contributed by atoms with Gasteiger partial charge in [0.1, 0.15) is 18.1 Å². The third-order valence-corrected chi connectivity index (χ3v) is 3.81. The van der Waals surface area contributed by atoms with Crippen molar-refractivity contribution < 1.29 is 9.15 Å². The quantitative estimate of drug-likeness (QED) is 0.845. The van der Waals surface area contributed by atoms with Crippen LogP contribution in [0.15, 0.2) is 28.9 Å². The molecule has 114 valence electrons. The number of aryl methyl sites for hydroxylation is 2. The largest absolute Gasteiger partial charge is 0.486 e. The molecule has 0 atom stereocenters. The molecule has 2 aromatic rings. The first-order chi connectivity index (χ1) is 9.95. The van der Waals surface area contributed by atoms with Crippen LogP contribution in [0.3, 0.4) is 0 Å². The highest BCUT2D eigenvalue weighted by Crippen LogP contribution is 2.26. The van der Waals surface area contributed by atoms with Crippen LogP contribution in [0.5, 0.6) is 5.75 Å². The molecule has 0 unspecified atom stereocenters. The number of hydrogen-bond donors (Lipinski definition) is 1. The number of rotatable bonds is 6. The maximum absolute atomic E-state index is 6.15. The molecule has 0 bridgehead atoms. The van der Waals surface area contributed by atoms with Gasteiger partial charge in [-0.15, -0.1) is 0 Å². The van der Waals surface area contributed by atoms with Crippen molar-refractivity contribution in [2.45, 2.75) is 46.9 Å². The highest BCUT2D eigenvalue weighted by atomic mass is 35.5. The molecule has 0 aliphatic heterocycles. The van der Waals surface area contributed by atoms with Crippen molar-refractivity contribution in [1.82, 2.24) is 5.32 Å². The molecule has 0 saturated carbocycles. The molecule has 4 heteroatoms. The fourth-order valence-corrected chi connectivity index (χ4v) is 2.17. The Labute approximate surface area is 131 Å². The molecule has 1 N–H and O–H groups in total. The number of halogens is 1. The van der Waals surface area contributed by atoms with Crippen LogP contribution in [0, 0.1) is 13.8 Å². The minimum Gasteiger partial charge on any atom is -0.486 e. The Morgan fingerprint density at radius 2 is 1.86 bits per heavy atom. The van der Waals surface area contributed by atoms with Crippen molar-refractivity contribution in [2.75, 3.05) is 0 Å². The van der Waals surface area contributed by atoms with Gasteiger partial charge in [0.15, 0.2) is 0 Å². The van der Waals surface area contributed by atoms with Gasteiger partial charge >= 0.3 is 0 Å². The van der Waals surface area contributed by atoms with Gasteiger partial charge < -0.3 is 14.5 Å². The van der Waals surface area contributed by atoms with E-state index >= 15 is 0 Å². The Bertz CT molecular complexity index is 582. The first-order valence-electron chi connectivity index (χ1n) is 7.15. The number of ether oxygens (including phenoxy) is 1. The van der Waals surface area contributed by atoms with Crippen LogP contribution in [-0.4, -0.2) is 6.04 Å². The van der Waals surface area contributed by atoms with Crippen LogP contribution in [0.2, 0.25) is 5.02 Å². The van der Waals surface area contributed by atoms with E-state index in [0.717, 1.165) is 39.8 Å². The lowest BCUT2D eigenvalue weighted by Gasteiger charge is -2.08. The number of nitrogens with one attached hydrogen (secondary N) is 1. The Hall–Kier alpha value is -1.45. The van der Waals surface area contributed by atoms with Crippen molar-refractivity contribution >= 4 is 11.6 Å². The lowest BCUT2D eigenvalue weighted by molar-refractivity contribution is 0.270. The summed E-state index contributed by atoms with van der Waals surface area (Å²) in [5.41, 5.74) is 3.17. The first-order valence-corrected chi connectivity index (χ1v) is 7.52. The van der Waals surface area contributed by atoms with E-state index in [-0.39, 0.29) is 0 Å². The highest BCUT2D eigenvalue weighted by Gasteiger charge is 2.06. The molecular weight excluding hydrogens is 286 g/mol. The molecule has 21 heavy (non-hydrogen) atoms. The summed E-state index contributed by atoms with van der Waals surface area (Å²) in [6.07, 6.45) is 1.77. The summed E-state index contributed by atoms with van der Waals surface area (Å²) < 4.78 is 11.3. The van der Waals surface area contributed by atoms with Crippen LogP contribution in [-0.2, 0) is 13.2 Å². The molecule has 1 aromatic heterocycles. The number of benzene rings is 1. The summed E-state index contributed by atoms with van der Waals surface area (Å²) in [5, 5.41) is 4.15. The maximum atomic E-state index is 6.15. The second kappa shape index (κ2) is 7.01. The third kappa shape index (κ3) is 4.51. The van der Waals surface area contributed by atoms with Gasteiger partial charge in [-0.1, -0.05) is 25.4 Å². The van der Waals surface area contributed by atoms with Gasteiger partial charge in [-0.25, -0.2) is 0 Å². The van der Waals surface area contributed by atoms with Crippen molar-refractivity contribution in [3.05, 3.63) is 51.9 Å². The van der Waals surface area contributed by atoms with Crippen molar-refractivity contribution in [1.29, 1.82) is 0 Å². The summed E-state index contributed by atoms with van der Waals surface area (Å²) >= 11 is 6.15. The van der Waals surface area contributed by atoms with E-state index in [1.165, 1.54) is 0 Å². The molecule has 1 heterocycles. The normalized spacial score (nSPS) is 11.1. The SMILES string of the molecule is Cc1cc(OCc2cc(CNC(C)C)co2)cc(C)c1Cl. The monoisotopic (exact) mass is 307 g/mol. The summed E-state index contributed by atoms with van der Waals surface area (Å²) in [4.78, 5) is 0. The van der Waals surface area contributed by atoms with Crippen LogP contribution < -0.4 is 10.1 Å². The standard InChI is InChI=1S/C17H22ClNO2/c1-11(2)19-8-14-7-16(20-9-14)10-21-15-5-12(3)17(18)13(4)6-15/h5-7,9,11,19H,8,10H2,1-4H3. The van der Waals surface area contributed by atoms with Gasteiger partial charge in [0, 0.05) is 23.2 Å². The summed E-state index contributed by atoms with van der Waals surface area (Å²) in [6, 6.07) is 6.36. The Balaban J connectivity index is 1.94. The Morgan fingerprint density at radius 3 is 2.48 bits per heavy atom. The van der Waals surface area contributed by atoms with E-state index in [4.69, 9.17) is 20.8 Å². The summed E-state index contributed by atoms with van der Waals surface area (Å²) in [7, 11) is 0. The predicted octanol–water partition coefficient (Wildman–Crippen LogP) is 4.63. The van der Waals surface area contributed by atoms with E-state index in [9.17, 15) is 0 Å². The Morgan fingerprint density at radius 1 is 1.19 bits per heavy atom. The van der Waals surface area contributed by atoms with Crippen LogP contribution in [0.1, 0.15) is 36.3 Å². The van der Waals surface area contributed by atoms with Crippen LogP contribution in [0.4, 0.5) is 0 Å². The zero-order chi connectivity index (χ0) is 15.4. The van der Waals surface area contributed by atoms with Gasteiger partial charge in [-0.2, -0.15) is 0 Å². The lowest BCUT2D eigenvalue weighted by atomic mass is 10.1. The summed E-state index contributed by atoms with van der Waals surface area (Å²) in [6.45, 7) is 9.42. The van der Waals surface area contributed by atoms with E-state index in [2.05, 4.69) is 19.2 Å². The minimum absolute atomic E-state index is 0.419. The zero-order valence-corrected chi connectivity index (χ0v) is 13.8. The van der Waals surface area contributed by atoms with Crippen LogP contribution in [0.25, 0.3) is 0 Å². The van der Waals surface area contributed by atoms with E-state index in [1.807, 2.05) is 32.0 Å². The third-order valence-electron chi connectivity index (χ3n) is 3.21. The molecule has 0 aliphatic rings. The second-order valence-corrected chi connectivity index (χ2v) is 5.99. The molecule has 0 amide bonds. The van der Waals surface area contributed by atoms with E-state index in [1.54, 1.807) is 6.26 Å². The molecule has 0 aliphatic carbocycles. The number of hydrogen-bond acceptors (Lipinski definition) is 3. The van der Waals surface area contributed by atoms with Gasteiger partial charge in [0.2, 0.25) is 0 Å². The predicted molar refractivity (Wildman–Crippen MR) is 85.9 cm³/mol. The van der Waals surface area contributed by atoms with E-state index in [0.29, 0.717) is 12.6 Å². The van der Waals surface area contributed by atoms with Gasteiger partial charge in [-0.05, 0) is 43.2 Å². The van der Waals surface area contributed by atoms with Gasteiger partial charge in [0.25, 0.3) is 0 Å². The zero-order valence-electron chi connectivity index (χ0n) is 13.0. The van der Waals surface area contributed by atoms with Gasteiger partial charge in [0.05, 0.1) is 6.26 Å². The Kier molecular flexibility index (Phi) is 5.32. The summed E-state index contributed by atoms with van der Waals surface area (Å²) in [5.74, 6) is 1.63. The smallest absolute Gasteiger partial charge is 0.146 e. The van der Waals surface area contributed by atoms with Gasteiger partial charge in [-0.3, -0.25) is 0 Å². The van der Waals surface area contributed by atoms with E-state index < -0.39 is 0 Å². The molecule has 0 radical (unpaired) electrons. The fraction of sp³-hybridized carbons (Fsp3) is 0.412. The minimum atomic E-state index is 0.419. The molecular formula is C17H22ClNO2.